The highest BCUT2D eigenvalue weighted by molar-refractivity contribution is 7.93. The molecule has 0 bridgehead atoms. The van der Waals surface area contributed by atoms with E-state index in [1.54, 1.807) is 18.2 Å². The van der Waals surface area contributed by atoms with Gasteiger partial charge >= 0.3 is 6.03 Å². The van der Waals surface area contributed by atoms with Crippen molar-refractivity contribution in [3.05, 3.63) is 60.4 Å². The second-order valence-electron chi connectivity index (χ2n) is 4.38. The number of nitrogens with zero attached hydrogens (tertiary/aromatic N) is 2. The van der Waals surface area contributed by atoms with E-state index in [4.69, 9.17) is 11.5 Å². The molecule has 0 spiro atoms. The molecule has 120 valence electrons. The molecular formula is C14H13FN4O3S. The number of amides is 2. The number of rotatable bonds is 3. The zero-order valence-corrected chi connectivity index (χ0v) is 12.6. The molecule has 2 amide bonds. The highest BCUT2D eigenvalue weighted by Crippen LogP contribution is 2.24. The summed E-state index contributed by atoms with van der Waals surface area (Å²) in [4.78, 5) is 15.2. The number of anilines is 1. The maximum atomic E-state index is 13.0. The van der Waals surface area contributed by atoms with Crippen LogP contribution in [0.3, 0.4) is 0 Å². The number of carbonyl (C=O) groups excluding carboxylic acids is 1. The number of aliphatic imine (C=N–C) groups is 1. The topological polar surface area (TPSA) is 119 Å². The lowest BCUT2D eigenvalue weighted by atomic mass is 10.3. The smallest absolute Gasteiger partial charge is 0.365 e. The Labute approximate surface area is 132 Å². The van der Waals surface area contributed by atoms with Gasteiger partial charge in [0.1, 0.15) is 5.82 Å². The van der Waals surface area contributed by atoms with E-state index in [1.165, 1.54) is 12.1 Å². The van der Waals surface area contributed by atoms with Crippen LogP contribution in [0.15, 0.2) is 64.5 Å². The van der Waals surface area contributed by atoms with Gasteiger partial charge in [-0.25, -0.2) is 17.6 Å². The fourth-order valence-electron chi connectivity index (χ4n) is 1.78. The summed E-state index contributed by atoms with van der Waals surface area (Å²) in [5.41, 5.74) is 10.3. The Morgan fingerprint density at radius 2 is 1.57 bits per heavy atom. The molecule has 0 aliphatic carbocycles. The third kappa shape index (κ3) is 3.64. The molecule has 0 unspecified atom stereocenters. The molecule has 2 rings (SSSR count). The molecule has 7 nitrogen and oxygen atoms in total. The average Bonchev–Trinajstić information content (AvgIpc) is 2.47. The first-order chi connectivity index (χ1) is 10.8. The largest absolute Gasteiger partial charge is 0.370 e. The van der Waals surface area contributed by atoms with Gasteiger partial charge in [-0.2, -0.15) is 9.30 Å². The Hall–Kier alpha value is -2.94. The lowest BCUT2D eigenvalue weighted by Gasteiger charge is -2.20. The van der Waals surface area contributed by atoms with E-state index in [1.807, 2.05) is 0 Å². The fourth-order valence-corrected chi connectivity index (χ4v) is 3.12. The summed E-state index contributed by atoms with van der Waals surface area (Å²) in [6, 6.07) is 10.4. The molecule has 2 aromatic carbocycles. The molecule has 0 radical (unpaired) electrons. The van der Waals surface area contributed by atoms with E-state index in [0.717, 1.165) is 24.3 Å². The lowest BCUT2D eigenvalue weighted by Crippen LogP contribution is -2.37. The van der Waals surface area contributed by atoms with E-state index in [-0.39, 0.29) is 10.6 Å². The van der Waals surface area contributed by atoms with Crippen molar-refractivity contribution < 1.29 is 17.6 Å². The number of para-hydroxylation sites is 1. The van der Waals surface area contributed by atoms with E-state index in [9.17, 15) is 17.6 Å². The minimum Gasteiger partial charge on any atom is -0.370 e. The molecule has 0 atom stereocenters. The minimum absolute atomic E-state index is 0.0480. The summed E-state index contributed by atoms with van der Waals surface area (Å²) in [6.07, 6.45) is 0. The fraction of sp³-hybridized carbons (Fsp3) is 0. The summed E-state index contributed by atoms with van der Waals surface area (Å²) in [7, 11) is -4.32. The third-order valence-electron chi connectivity index (χ3n) is 2.74. The van der Waals surface area contributed by atoms with Gasteiger partial charge in [0.15, 0.2) is 5.96 Å². The summed E-state index contributed by atoms with van der Waals surface area (Å²) in [5, 5.41) is 0. The number of sulfonamides is 1. The number of guanidine groups is 1. The van der Waals surface area contributed by atoms with Gasteiger partial charge in [-0.3, -0.25) is 0 Å². The number of hydrogen-bond donors (Lipinski definition) is 2. The predicted molar refractivity (Wildman–Crippen MR) is 83.7 cm³/mol. The van der Waals surface area contributed by atoms with Crippen LogP contribution in [0.5, 0.6) is 0 Å². The Balaban J connectivity index is 2.59. The molecule has 0 saturated carbocycles. The standard InChI is InChI=1S/C14H13FN4O3S/c15-10-6-8-12(9-7-10)23(21,22)19(14(20)18-13(16)17)11-4-2-1-3-5-11/h1-9H,(H4,16,17,18,20). The quantitative estimate of drug-likeness (QED) is 0.649. The molecule has 0 heterocycles. The van der Waals surface area contributed by atoms with Crippen molar-refractivity contribution in [2.75, 3.05) is 4.31 Å². The van der Waals surface area contributed by atoms with E-state index < -0.39 is 27.8 Å². The van der Waals surface area contributed by atoms with Crippen molar-refractivity contribution in [3.8, 4) is 0 Å². The monoisotopic (exact) mass is 336 g/mol. The number of benzene rings is 2. The zero-order chi connectivity index (χ0) is 17.0. The first-order valence-corrected chi connectivity index (χ1v) is 7.76. The van der Waals surface area contributed by atoms with Gasteiger partial charge in [0.25, 0.3) is 10.0 Å². The number of hydrogen-bond acceptors (Lipinski definition) is 3. The maximum Gasteiger partial charge on any atom is 0.365 e. The van der Waals surface area contributed by atoms with Gasteiger partial charge < -0.3 is 11.5 Å². The zero-order valence-electron chi connectivity index (χ0n) is 11.8. The average molecular weight is 336 g/mol. The molecule has 23 heavy (non-hydrogen) atoms. The summed E-state index contributed by atoms with van der Waals surface area (Å²) >= 11 is 0. The second kappa shape index (κ2) is 6.44. The summed E-state index contributed by atoms with van der Waals surface area (Å²) in [6.45, 7) is 0. The van der Waals surface area contributed by atoms with Crippen molar-refractivity contribution in [2.24, 2.45) is 16.5 Å². The van der Waals surface area contributed by atoms with Crippen LogP contribution in [-0.2, 0) is 10.0 Å². The van der Waals surface area contributed by atoms with Crippen molar-refractivity contribution >= 4 is 27.7 Å². The van der Waals surface area contributed by atoms with Crippen molar-refractivity contribution in [2.45, 2.75) is 4.90 Å². The van der Waals surface area contributed by atoms with Crippen LogP contribution >= 0.6 is 0 Å². The highest BCUT2D eigenvalue weighted by atomic mass is 32.2. The van der Waals surface area contributed by atoms with Gasteiger partial charge in [0.05, 0.1) is 10.6 Å². The van der Waals surface area contributed by atoms with Crippen molar-refractivity contribution in [1.82, 2.24) is 0 Å². The van der Waals surface area contributed by atoms with Crippen LogP contribution < -0.4 is 15.8 Å². The lowest BCUT2D eigenvalue weighted by molar-refractivity contribution is 0.257. The maximum absolute atomic E-state index is 13.0. The Morgan fingerprint density at radius 1 is 1.00 bits per heavy atom. The summed E-state index contributed by atoms with van der Waals surface area (Å²) < 4.78 is 38.8. The molecule has 4 N–H and O–H groups in total. The van der Waals surface area contributed by atoms with E-state index in [2.05, 4.69) is 4.99 Å². The van der Waals surface area contributed by atoms with Crippen LogP contribution in [-0.4, -0.2) is 20.4 Å². The van der Waals surface area contributed by atoms with Gasteiger partial charge in [-0.15, -0.1) is 0 Å². The van der Waals surface area contributed by atoms with E-state index >= 15 is 0 Å². The number of halogens is 1. The van der Waals surface area contributed by atoms with Crippen LogP contribution in [0.2, 0.25) is 0 Å². The molecule has 2 aromatic rings. The van der Waals surface area contributed by atoms with Crippen LogP contribution in [0.1, 0.15) is 0 Å². The normalized spacial score (nSPS) is 10.8. The van der Waals surface area contributed by atoms with Gasteiger partial charge in [0, 0.05) is 0 Å². The Kier molecular flexibility index (Phi) is 4.60. The molecule has 0 fully saturated rings. The SMILES string of the molecule is NC(N)=NC(=O)N(c1ccccc1)S(=O)(=O)c1ccc(F)cc1. The van der Waals surface area contributed by atoms with Crippen molar-refractivity contribution in [1.29, 1.82) is 0 Å². The van der Waals surface area contributed by atoms with Gasteiger partial charge in [-0.05, 0) is 36.4 Å². The third-order valence-corrected chi connectivity index (χ3v) is 4.46. The Bertz CT molecular complexity index is 832. The van der Waals surface area contributed by atoms with E-state index in [0.29, 0.717) is 4.31 Å². The molecule has 9 heteroatoms. The second-order valence-corrected chi connectivity index (χ2v) is 6.16. The van der Waals surface area contributed by atoms with Crippen molar-refractivity contribution in [3.63, 3.8) is 0 Å². The highest BCUT2D eigenvalue weighted by Gasteiger charge is 2.31. The van der Waals surface area contributed by atoms with Crippen LogP contribution in [0.4, 0.5) is 14.9 Å². The first kappa shape index (κ1) is 16.4. The molecule has 0 aliphatic heterocycles. The molecule has 0 saturated heterocycles. The van der Waals surface area contributed by atoms with Crippen LogP contribution in [0.25, 0.3) is 0 Å². The molecule has 0 aliphatic rings. The first-order valence-electron chi connectivity index (χ1n) is 6.32. The molecule has 0 aromatic heterocycles. The number of nitrogens with two attached hydrogens (primary N) is 2. The van der Waals surface area contributed by atoms with Gasteiger partial charge in [0.2, 0.25) is 0 Å². The molecular weight excluding hydrogens is 323 g/mol. The predicted octanol–water partition coefficient (Wildman–Crippen LogP) is 1.41. The van der Waals surface area contributed by atoms with Gasteiger partial charge in [-0.1, -0.05) is 18.2 Å². The number of carbonyl (C=O) groups is 1. The van der Waals surface area contributed by atoms with Crippen LogP contribution in [0, 0.1) is 5.82 Å². The Morgan fingerprint density at radius 3 is 2.09 bits per heavy atom. The number of urea groups is 1. The minimum atomic E-state index is -4.32. The summed E-state index contributed by atoms with van der Waals surface area (Å²) in [5.74, 6) is -1.18.